The van der Waals surface area contributed by atoms with Crippen LogP contribution >= 0.6 is 0 Å². The van der Waals surface area contributed by atoms with Crippen LogP contribution < -0.4 is 5.73 Å². The molecule has 0 aromatic heterocycles. The summed E-state index contributed by atoms with van der Waals surface area (Å²) < 4.78 is 4.98. The van der Waals surface area contributed by atoms with E-state index >= 15 is 0 Å². The van der Waals surface area contributed by atoms with Crippen LogP contribution in [0.5, 0.6) is 0 Å². The fraction of sp³-hybridized carbons (Fsp3) is 0.533. The van der Waals surface area contributed by atoms with Crippen molar-refractivity contribution in [1.29, 1.82) is 0 Å². The average Bonchev–Trinajstić information content (AvgIpc) is 2.34. The van der Waals surface area contributed by atoms with Gasteiger partial charge in [-0.1, -0.05) is 43.7 Å². The Morgan fingerprint density at radius 2 is 2.11 bits per heavy atom. The van der Waals surface area contributed by atoms with Crippen molar-refractivity contribution in [3.63, 3.8) is 0 Å². The summed E-state index contributed by atoms with van der Waals surface area (Å²) in [6, 6.07) is 7.95. The second kappa shape index (κ2) is 6.01. The van der Waals surface area contributed by atoms with E-state index in [0.29, 0.717) is 12.3 Å². The third-order valence-electron chi connectivity index (χ3n) is 3.25. The summed E-state index contributed by atoms with van der Waals surface area (Å²) in [5.74, 6) is 0.123. The lowest BCUT2D eigenvalue weighted by atomic mass is 9.74. The number of hydrogen-bond acceptors (Lipinski definition) is 3. The van der Waals surface area contributed by atoms with Gasteiger partial charge in [-0.25, -0.2) is 0 Å². The molecule has 0 bridgehead atoms. The molecule has 1 atom stereocenters. The van der Waals surface area contributed by atoms with Crippen LogP contribution in [0.4, 0.5) is 0 Å². The smallest absolute Gasteiger partial charge is 0.317 e. The number of nitrogens with two attached hydrogens (primary N) is 1. The number of carbonyl (C=O) groups is 1. The molecule has 0 spiro atoms. The average molecular weight is 249 g/mol. The van der Waals surface area contributed by atoms with E-state index in [2.05, 4.69) is 13.8 Å². The first-order valence-electron chi connectivity index (χ1n) is 6.32. The number of rotatable bonds is 5. The van der Waals surface area contributed by atoms with Crippen LogP contribution in [0.3, 0.4) is 0 Å². The molecule has 18 heavy (non-hydrogen) atoms. The molecule has 0 amide bonds. The molecule has 0 aliphatic carbocycles. The molecule has 1 aromatic carbocycles. The highest BCUT2D eigenvalue weighted by atomic mass is 16.5. The molecule has 1 aromatic rings. The maximum absolute atomic E-state index is 12.2. The SMILES string of the molecule is COC(=O)C(CN)(CC(C)C)c1cccc(C)c1. The number of esters is 1. The van der Waals surface area contributed by atoms with E-state index in [1.165, 1.54) is 7.11 Å². The number of benzene rings is 1. The van der Waals surface area contributed by atoms with E-state index in [1.54, 1.807) is 0 Å². The van der Waals surface area contributed by atoms with Gasteiger partial charge < -0.3 is 10.5 Å². The van der Waals surface area contributed by atoms with E-state index in [0.717, 1.165) is 11.1 Å². The van der Waals surface area contributed by atoms with E-state index in [-0.39, 0.29) is 12.5 Å². The molecular weight excluding hydrogens is 226 g/mol. The van der Waals surface area contributed by atoms with Crippen molar-refractivity contribution in [3.05, 3.63) is 35.4 Å². The molecule has 0 aliphatic heterocycles. The van der Waals surface area contributed by atoms with Gasteiger partial charge in [-0.3, -0.25) is 4.79 Å². The molecule has 0 heterocycles. The molecule has 0 aliphatic rings. The van der Waals surface area contributed by atoms with Gasteiger partial charge in [-0.15, -0.1) is 0 Å². The maximum atomic E-state index is 12.2. The monoisotopic (exact) mass is 249 g/mol. The van der Waals surface area contributed by atoms with Crippen LogP contribution in [-0.4, -0.2) is 19.6 Å². The van der Waals surface area contributed by atoms with Crippen molar-refractivity contribution in [1.82, 2.24) is 0 Å². The topological polar surface area (TPSA) is 52.3 Å². The van der Waals surface area contributed by atoms with Crippen molar-refractivity contribution in [2.45, 2.75) is 32.6 Å². The van der Waals surface area contributed by atoms with Gasteiger partial charge in [0.25, 0.3) is 0 Å². The van der Waals surface area contributed by atoms with Crippen molar-refractivity contribution in [3.8, 4) is 0 Å². The molecule has 2 N–H and O–H groups in total. The highest BCUT2D eigenvalue weighted by molar-refractivity contribution is 5.83. The number of aryl methyl sites for hydroxylation is 1. The van der Waals surface area contributed by atoms with E-state index < -0.39 is 5.41 Å². The summed E-state index contributed by atoms with van der Waals surface area (Å²) in [7, 11) is 1.42. The largest absolute Gasteiger partial charge is 0.468 e. The molecule has 1 unspecified atom stereocenters. The lowest BCUT2D eigenvalue weighted by molar-refractivity contribution is -0.148. The van der Waals surface area contributed by atoms with Gasteiger partial charge >= 0.3 is 5.97 Å². The fourth-order valence-electron chi connectivity index (χ4n) is 2.44. The van der Waals surface area contributed by atoms with Crippen molar-refractivity contribution < 1.29 is 9.53 Å². The summed E-state index contributed by atoms with van der Waals surface area (Å²) >= 11 is 0. The van der Waals surface area contributed by atoms with Crippen molar-refractivity contribution >= 4 is 5.97 Å². The highest BCUT2D eigenvalue weighted by Crippen LogP contribution is 2.32. The van der Waals surface area contributed by atoms with Crippen LogP contribution in [0.2, 0.25) is 0 Å². The minimum Gasteiger partial charge on any atom is -0.468 e. The van der Waals surface area contributed by atoms with Crippen LogP contribution in [-0.2, 0) is 14.9 Å². The van der Waals surface area contributed by atoms with E-state index in [4.69, 9.17) is 10.5 Å². The number of carbonyl (C=O) groups excluding carboxylic acids is 1. The third kappa shape index (κ3) is 2.91. The molecule has 0 saturated heterocycles. The second-order valence-corrected chi connectivity index (χ2v) is 5.25. The number of methoxy groups -OCH3 is 1. The van der Waals surface area contributed by atoms with Crippen LogP contribution in [0.25, 0.3) is 0 Å². The molecule has 3 heteroatoms. The Morgan fingerprint density at radius 3 is 2.56 bits per heavy atom. The Bertz CT molecular complexity index is 415. The zero-order valence-corrected chi connectivity index (χ0v) is 11.7. The predicted molar refractivity (Wildman–Crippen MR) is 73.4 cm³/mol. The lowest BCUT2D eigenvalue weighted by Crippen LogP contribution is -2.45. The van der Waals surface area contributed by atoms with Gasteiger partial charge in [0.05, 0.1) is 7.11 Å². The van der Waals surface area contributed by atoms with Gasteiger partial charge in [-0.2, -0.15) is 0 Å². The molecule has 100 valence electrons. The first kappa shape index (κ1) is 14.7. The van der Waals surface area contributed by atoms with E-state index in [9.17, 15) is 4.79 Å². The quantitative estimate of drug-likeness (QED) is 0.815. The maximum Gasteiger partial charge on any atom is 0.317 e. The Kier molecular flexibility index (Phi) is 4.91. The highest BCUT2D eigenvalue weighted by Gasteiger charge is 2.40. The van der Waals surface area contributed by atoms with Crippen molar-refractivity contribution in [2.75, 3.05) is 13.7 Å². The minimum absolute atomic E-state index is 0.246. The Balaban J connectivity index is 3.29. The summed E-state index contributed by atoms with van der Waals surface area (Å²) in [5.41, 5.74) is 7.26. The standard InChI is InChI=1S/C15H23NO2/c1-11(2)9-15(10-16,14(17)18-4)13-7-5-6-12(3)8-13/h5-8,11H,9-10,16H2,1-4H3. The fourth-order valence-corrected chi connectivity index (χ4v) is 2.44. The van der Waals surface area contributed by atoms with Crippen LogP contribution in [0.15, 0.2) is 24.3 Å². The lowest BCUT2D eigenvalue weighted by Gasteiger charge is -2.32. The zero-order chi connectivity index (χ0) is 13.8. The Hall–Kier alpha value is -1.35. The third-order valence-corrected chi connectivity index (χ3v) is 3.25. The van der Waals surface area contributed by atoms with E-state index in [1.807, 2.05) is 31.2 Å². The first-order valence-corrected chi connectivity index (χ1v) is 6.32. The minimum atomic E-state index is -0.727. The van der Waals surface area contributed by atoms with Gasteiger partial charge in [-0.05, 0) is 24.8 Å². The Labute approximate surface area is 109 Å². The summed E-state index contributed by atoms with van der Waals surface area (Å²) in [6.45, 7) is 6.45. The normalized spacial score (nSPS) is 14.3. The van der Waals surface area contributed by atoms with Crippen LogP contribution in [0, 0.1) is 12.8 Å². The Morgan fingerprint density at radius 1 is 1.44 bits per heavy atom. The summed E-state index contributed by atoms with van der Waals surface area (Å²) in [5, 5.41) is 0. The van der Waals surface area contributed by atoms with Crippen LogP contribution in [0.1, 0.15) is 31.4 Å². The molecule has 1 rings (SSSR count). The number of ether oxygens (including phenoxy) is 1. The summed E-state index contributed by atoms with van der Waals surface area (Å²) in [4.78, 5) is 12.2. The zero-order valence-electron chi connectivity index (χ0n) is 11.7. The predicted octanol–water partition coefficient (Wildman–Crippen LogP) is 2.41. The van der Waals surface area contributed by atoms with Gasteiger partial charge in [0.2, 0.25) is 0 Å². The summed E-state index contributed by atoms with van der Waals surface area (Å²) in [6.07, 6.45) is 0.694. The first-order chi connectivity index (χ1) is 8.46. The van der Waals surface area contributed by atoms with Gasteiger partial charge in [0.15, 0.2) is 0 Å². The number of hydrogen-bond donors (Lipinski definition) is 1. The van der Waals surface area contributed by atoms with Crippen molar-refractivity contribution in [2.24, 2.45) is 11.7 Å². The molecular formula is C15H23NO2. The molecule has 0 fully saturated rings. The van der Waals surface area contributed by atoms with Gasteiger partial charge in [0.1, 0.15) is 5.41 Å². The second-order valence-electron chi connectivity index (χ2n) is 5.25. The van der Waals surface area contributed by atoms with Gasteiger partial charge in [0, 0.05) is 6.54 Å². The molecule has 3 nitrogen and oxygen atoms in total. The molecule has 0 radical (unpaired) electrons. The molecule has 0 saturated carbocycles.